The van der Waals surface area contributed by atoms with Gasteiger partial charge >= 0.3 is 0 Å². The van der Waals surface area contributed by atoms with Crippen LogP contribution in [0.5, 0.6) is 0 Å². The van der Waals surface area contributed by atoms with Crippen molar-refractivity contribution in [2.24, 2.45) is 5.10 Å². The van der Waals surface area contributed by atoms with Gasteiger partial charge in [-0.3, -0.25) is 14.2 Å². The number of halogens is 3. The van der Waals surface area contributed by atoms with Crippen LogP contribution in [0, 0.1) is 0 Å². The molecule has 5 rings (SSSR count). The first-order chi connectivity index (χ1) is 15.8. The monoisotopic (exact) mass is 584 g/mol. The Morgan fingerprint density at radius 3 is 2.24 bits per heavy atom. The van der Waals surface area contributed by atoms with Crippen LogP contribution in [0.15, 0.2) is 79.5 Å². The first kappa shape index (κ1) is 22.0. The van der Waals surface area contributed by atoms with Gasteiger partial charge in [-0.05, 0) is 83.5 Å². The largest absolute Gasteiger partial charge is 0.272 e. The summed E-state index contributed by atoms with van der Waals surface area (Å²) in [5, 5.41) is 6.73. The molecular weight excluding hydrogens is 572 g/mol. The number of carbonyl (C=O) groups is 1. The van der Waals surface area contributed by atoms with Crippen LogP contribution in [0.3, 0.4) is 0 Å². The van der Waals surface area contributed by atoms with E-state index in [0.29, 0.717) is 44.0 Å². The zero-order valence-corrected chi connectivity index (χ0v) is 21.1. The predicted molar refractivity (Wildman–Crippen MR) is 138 cm³/mol. The van der Waals surface area contributed by atoms with Gasteiger partial charge in [0.2, 0.25) is 0 Å². The predicted octanol–water partition coefficient (Wildman–Crippen LogP) is 6.34. The Labute approximate surface area is 210 Å². The third-order valence-electron chi connectivity index (χ3n) is 5.26. The van der Waals surface area contributed by atoms with Crippen LogP contribution in [-0.4, -0.2) is 21.2 Å². The minimum Gasteiger partial charge on any atom is -0.272 e. The Bertz CT molecular complexity index is 1510. The van der Waals surface area contributed by atoms with Gasteiger partial charge in [0.05, 0.1) is 28.7 Å². The van der Waals surface area contributed by atoms with Gasteiger partial charge in [0, 0.05) is 25.2 Å². The fraction of sp³-hybridized carbons (Fsp3) is 0.0833. The molecule has 164 valence electrons. The maximum absolute atomic E-state index is 13.7. The van der Waals surface area contributed by atoms with Gasteiger partial charge < -0.3 is 0 Å². The standard InChI is InChI=1S/C24H15Br2ClN4O2/c1-13-10-21(32)31(29-13)18-8-6-17(7-9-18)30-23(14-2-4-16(27)5-3-14)28-22-19(24(30)33)11-15(25)12-20(22)26/h2-9,11-12H,10H2,1H3. The fourth-order valence-electron chi connectivity index (χ4n) is 3.75. The number of aromatic nitrogens is 2. The Balaban J connectivity index is 1.73. The number of hydrogen-bond acceptors (Lipinski definition) is 4. The molecule has 1 aliphatic heterocycles. The molecule has 1 aliphatic rings. The lowest BCUT2D eigenvalue weighted by Gasteiger charge is -2.16. The summed E-state index contributed by atoms with van der Waals surface area (Å²) in [6, 6.07) is 17.9. The van der Waals surface area contributed by atoms with E-state index in [1.807, 2.05) is 25.1 Å². The van der Waals surface area contributed by atoms with Crippen LogP contribution in [-0.2, 0) is 4.79 Å². The number of nitrogens with zero attached hydrogens (tertiary/aromatic N) is 4. The van der Waals surface area contributed by atoms with Crippen LogP contribution in [0.2, 0.25) is 5.02 Å². The van der Waals surface area contributed by atoms with Gasteiger partial charge in [-0.2, -0.15) is 5.10 Å². The second-order valence-corrected chi connectivity index (χ2v) is 9.81. The van der Waals surface area contributed by atoms with Crippen molar-refractivity contribution in [1.29, 1.82) is 0 Å². The molecule has 0 N–H and O–H groups in total. The van der Waals surface area contributed by atoms with Crippen LogP contribution >= 0.6 is 43.5 Å². The lowest BCUT2D eigenvalue weighted by molar-refractivity contribution is -0.116. The number of fused-ring (bicyclic) bond motifs is 1. The lowest BCUT2D eigenvalue weighted by Crippen LogP contribution is -2.23. The lowest BCUT2D eigenvalue weighted by atomic mass is 10.1. The quantitative estimate of drug-likeness (QED) is 0.281. The average Bonchev–Trinajstić information content (AvgIpc) is 3.13. The molecule has 3 aromatic carbocycles. The molecular formula is C24H15Br2ClN4O2. The Morgan fingerprint density at radius 1 is 0.939 bits per heavy atom. The molecule has 1 aromatic heterocycles. The average molecular weight is 587 g/mol. The minimum atomic E-state index is -0.217. The van der Waals surface area contributed by atoms with Crippen molar-refractivity contribution >= 4 is 71.7 Å². The summed E-state index contributed by atoms with van der Waals surface area (Å²) in [7, 11) is 0. The van der Waals surface area contributed by atoms with Crippen molar-refractivity contribution in [3.05, 3.63) is 85.0 Å². The molecule has 0 spiro atoms. The molecule has 6 nitrogen and oxygen atoms in total. The maximum Gasteiger partial charge on any atom is 0.266 e. The smallest absolute Gasteiger partial charge is 0.266 e. The summed E-state index contributed by atoms with van der Waals surface area (Å²) in [6.07, 6.45) is 0.306. The van der Waals surface area contributed by atoms with E-state index in [4.69, 9.17) is 16.6 Å². The van der Waals surface area contributed by atoms with E-state index in [1.165, 1.54) is 5.01 Å². The summed E-state index contributed by atoms with van der Waals surface area (Å²) in [6.45, 7) is 1.82. The molecule has 0 bridgehead atoms. The van der Waals surface area contributed by atoms with Gasteiger partial charge in [0.25, 0.3) is 11.5 Å². The molecule has 9 heteroatoms. The van der Waals surface area contributed by atoms with E-state index in [2.05, 4.69) is 37.0 Å². The van der Waals surface area contributed by atoms with Gasteiger partial charge in [-0.15, -0.1) is 0 Å². The van der Waals surface area contributed by atoms with Crippen molar-refractivity contribution in [2.75, 3.05) is 5.01 Å². The van der Waals surface area contributed by atoms with Crippen molar-refractivity contribution in [1.82, 2.24) is 9.55 Å². The first-order valence-corrected chi connectivity index (χ1v) is 11.9. The zero-order valence-electron chi connectivity index (χ0n) is 17.2. The Kier molecular flexibility index (Phi) is 5.68. The van der Waals surface area contributed by atoms with Crippen molar-refractivity contribution in [2.45, 2.75) is 13.3 Å². The highest BCUT2D eigenvalue weighted by Crippen LogP contribution is 2.30. The highest BCUT2D eigenvalue weighted by atomic mass is 79.9. The third kappa shape index (κ3) is 4.03. The number of rotatable bonds is 3. The fourth-order valence-corrected chi connectivity index (χ4v) is 5.19. The Hall–Kier alpha value is -2.81. The number of hydrazone groups is 1. The maximum atomic E-state index is 13.7. The number of anilines is 1. The SMILES string of the molecule is CC1=NN(c2ccc(-n3c(-c4ccc(Cl)cc4)nc4c(Br)cc(Br)cc4c3=O)cc2)C(=O)C1. The summed E-state index contributed by atoms with van der Waals surface area (Å²) < 4.78 is 3.04. The summed E-state index contributed by atoms with van der Waals surface area (Å²) >= 11 is 13.1. The van der Waals surface area contributed by atoms with E-state index in [-0.39, 0.29) is 11.5 Å². The number of carbonyl (C=O) groups excluding carboxylic acids is 1. The molecule has 0 saturated carbocycles. The van der Waals surface area contributed by atoms with Crippen LogP contribution in [0.4, 0.5) is 5.69 Å². The van der Waals surface area contributed by atoms with Gasteiger partial charge in [0.1, 0.15) is 5.82 Å². The second kappa shape index (κ2) is 8.52. The third-order valence-corrected chi connectivity index (χ3v) is 6.57. The normalized spacial score (nSPS) is 13.6. The van der Waals surface area contributed by atoms with E-state index >= 15 is 0 Å². The van der Waals surface area contributed by atoms with Crippen LogP contribution in [0.25, 0.3) is 28.0 Å². The zero-order chi connectivity index (χ0) is 23.3. The molecule has 2 heterocycles. The van der Waals surface area contributed by atoms with E-state index in [0.717, 1.165) is 15.7 Å². The van der Waals surface area contributed by atoms with Gasteiger partial charge in [-0.1, -0.05) is 27.5 Å². The molecule has 0 unspecified atom stereocenters. The van der Waals surface area contributed by atoms with E-state index in [1.54, 1.807) is 47.0 Å². The number of hydrogen-bond donors (Lipinski definition) is 0. The van der Waals surface area contributed by atoms with Gasteiger partial charge in [0.15, 0.2) is 0 Å². The van der Waals surface area contributed by atoms with Crippen molar-refractivity contribution < 1.29 is 4.79 Å². The highest BCUT2D eigenvalue weighted by molar-refractivity contribution is 9.11. The van der Waals surface area contributed by atoms with E-state index < -0.39 is 0 Å². The molecule has 0 fully saturated rings. The topological polar surface area (TPSA) is 67.6 Å². The molecule has 0 aliphatic carbocycles. The summed E-state index contributed by atoms with van der Waals surface area (Å²) in [5.41, 5.74) is 3.11. The molecule has 4 aromatic rings. The van der Waals surface area contributed by atoms with Crippen LogP contribution < -0.4 is 10.6 Å². The molecule has 0 radical (unpaired) electrons. The molecule has 0 saturated heterocycles. The molecule has 1 amide bonds. The Morgan fingerprint density at radius 2 is 1.61 bits per heavy atom. The minimum absolute atomic E-state index is 0.0821. The second-order valence-electron chi connectivity index (χ2n) is 7.60. The first-order valence-electron chi connectivity index (χ1n) is 9.97. The van der Waals surface area contributed by atoms with Gasteiger partial charge in [-0.25, -0.2) is 9.99 Å². The van der Waals surface area contributed by atoms with Crippen LogP contribution in [0.1, 0.15) is 13.3 Å². The number of benzene rings is 3. The molecule has 33 heavy (non-hydrogen) atoms. The summed E-state index contributed by atoms with van der Waals surface area (Å²) in [4.78, 5) is 30.7. The van der Waals surface area contributed by atoms with Crippen molar-refractivity contribution in [3.8, 4) is 17.1 Å². The molecule has 0 atom stereocenters. The summed E-state index contributed by atoms with van der Waals surface area (Å²) in [5.74, 6) is 0.396. The van der Waals surface area contributed by atoms with E-state index in [9.17, 15) is 9.59 Å². The highest BCUT2D eigenvalue weighted by Gasteiger charge is 2.23. The van der Waals surface area contributed by atoms with Crippen molar-refractivity contribution in [3.63, 3.8) is 0 Å². The number of amides is 1.